The van der Waals surface area contributed by atoms with Gasteiger partial charge < -0.3 is 14.2 Å². The van der Waals surface area contributed by atoms with Crippen LogP contribution < -0.4 is 0 Å². The molecule has 0 radical (unpaired) electrons. The van der Waals surface area contributed by atoms with Crippen LogP contribution in [0.4, 0.5) is 0 Å². The number of hydrogen-bond acceptors (Lipinski definition) is 6. The molecule has 66 heavy (non-hydrogen) atoms. The Labute approximate surface area is 410 Å². The van der Waals surface area contributed by atoms with Gasteiger partial charge in [0.25, 0.3) is 0 Å². The topological polar surface area (TPSA) is 78.9 Å². The SMILES string of the molecule is CCCCCCC/C=C\C/C=C\CCCCCCCCCCCC(=O)OCC(COC(=O)CCCCCCCCCC)OC(=O)CCCCCCCCCCC/C=C\CCCCCCCC. The van der Waals surface area contributed by atoms with E-state index in [0.29, 0.717) is 19.3 Å². The van der Waals surface area contributed by atoms with E-state index in [0.717, 1.165) is 64.2 Å². The van der Waals surface area contributed by atoms with E-state index < -0.39 is 6.10 Å². The number of rotatable bonds is 53. The average Bonchev–Trinajstić information content (AvgIpc) is 3.31. The summed E-state index contributed by atoms with van der Waals surface area (Å²) >= 11 is 0. The summed E-state index contributed by atoms with van der Waals surface area (Å²) in [6.07, 6.45) is 65.8. The lowest BCUT2D eigenvalue weighted by Gasteiger charge is -2.18. The van der Waals surface area contributed by atoms with E-state index in [-0.39, 0.29) is 31.1 Å². The van der Waals surface area contributed by atoms with Crippen LogP contribution in [0, 0.1) is 0 Å². The minimum atomic E-state index is -0.771. The van der Waals surface area contributed by atoms with Crippen molar-refractivity contribution in [1.82, 2.24) is 0 Å². The number of unbranched alkanes of at least 4 members (excludes halogenated alkanes) is 36. The number of hydrogen-bond donors (Lipinski definition) is 0. The third kappa shape index (κ3) is 52.6. The molecule has 0 aliphatic carbocycles. The summed E-state index contributed by atoms with van der Waals surface area (Å²) in [7, 11) is 0. The quantitative estimate of drug-likeness (QED) is 0.0262. The molecule has 1 unspecified atom stereocenters. The van der Waals surface area contributed by atoms with E-state index in [9.17, 15) is 14.4 Å². The van der Waals surface area contributed by atoms with Gasteiger partial charge in [-0.2, -0.15) is 0 Å². The monoisotopic (exact) mass is 927 g/mol. The van der Waals surface area contributed by atoms with Gasteiger partial charge in [-0.3, -0.25) is 14.4 Å². The molecule has 1 atom stereocenters. The first-order chi connectivity index (χ1) is 32.5. The summed E-state index contributed by atoms with van der Waals surface area (Å²) in [6, 6.07) is 0. The van der Waals surface area contributed by atoms with Crippen LogP contribution in [0.3, 0.4) is 0 Å². The van der Waals surface area contributed by atoms with Gasteiger partial charge in [-0.05, 0) is 77.0 Å². The Balaban J connectivity index is 4.21. The minimum Gasteiger partial charge on any atom is -0.462 e. The second-order valence-electron chi connectivity index (χ2n) is 19.6. The Bertz CT molecular complexity index is 1110. The highest BCUT2D eigenvalue weighted by molar-refractivity contribution is 5.71. The Morgan fingerprint density at radius 3 is 0.848 bits per heavy atom. The first kappa shape index (κ1) is 63.6. The fourth-order valence-electron chi connectivity index (χ4n) is 8.47. The third-order valence-electron chi connectivity index (χ3n) is 12.9. The molecule has 0 fully saturated rings. The molecule has 0 aromatic carbocycles. The Morgan fingerprint density at radius 2 is 0.545 bits per heavy atom. The van der Waals surface area contributed by atoms with Crippen LogP contribution in [0.15, 0.2) is 36.5 Å². The van der Waals surface area contributed by atoms with Crippen molar-refractivity contribution in [2.45, 2.75) is 316 Å². The molecule has 0 rings (SSSR count). The van der Waals surface area contributed by atoms with Crippen molar-refractivity contribution in [2.24, 2.45) is 0 Å². The number of carbonyl (C=O) groups excluding carboxylic acids is 3. The lowest BCUT2D eigenvalue weighted by Crippen LogP contribution is -2.30. The molecule has 386 valence electrons. The Morgan fingerprint density at radius 1 is 0.303 bits per heavy atom. The first-order valence-corrected chi connectivity index (χ1v) is 29.0. The van der Waals surface area contributed by atoms with Crippen molar-refractivity contribution in [3.8, 4) is 0 Å². The van der Waals surface area contributed by atoms with Crippen molar-refractivity contribution in [2.75, 3.05) is 13.2 Å². The predicted octanol–water partition coefficient (Wildman–Crippen LogP) is 19.3. The van der Waals surface area contributed by atoms with E-state index in [2.05, 4.69) is 57.2 Å². The zero-order valence-corrected chi connectivity index (χ0v) is 44.2. The van der Waals surface area contributed by atoms with Gasteiger partial charge in [-0.1, -0.05) is 250 Å². The highest BCUT2D eigenvalue weighted by atomic mass is 16.6. The minimum absolute atomic E-state index is 0.0714. The van der Waals surface area contributed by atoms with Crippen LogP contribution >= 0.6 is 0 Å². The zero-order chi connectivity index (χ0) is 47.9. The molecule has 0 heterocycles. The van der Waals surface area contributed by atoms with E-state index in [4.69, 9.17) is 14.2 Å². The van der Waals surface area contributed by atoms with Crippen LogP contribution in [0.2, 0.25) is 0 Å². The van der Waals surface area contributed by atoms with Crippen LogP contribution in [0.25, 0.3) is 0 Å². The molecule has 0 bridgehead atoms. The lowest BCUT2D eigenvalue weighted by atomic mass is 10.1. The Kier molecular flexibility index (Phi) is 53.2. The van der Waals surface area contributed by atoms with Gasteiger partial charge in [0, 0.05) is 19.3 Å². The van der Waals surface area contributed by atoms with Gasteiger partial charge in [-0.15, -0.1) is 0 Å². The smallest absolute Gasteiger partial charge is 0.306 e. The number of carbonyl (C=O) groups is 3. The molecule has 0 aliphatic heterocycles. The normalized spacial score (nSPS) is 12.2. The van der Waals surface area contributed by atoms with E-state index in [1.165, 1.54) is 205 Å². The van der Waals surface area contributed by atoms with E-state index in [1.807, 2.05) is 0 Å². The summed E-state index contributed by atoms with van der Waals surface area (Å²) in [6.45, 7) is 6.63. The van der Waals surface area contributed by atoms with E-state index in [1.54, 1.807) is 0 Å². The van der Waals surface area contributed by atoms with Crippen molar-refractivity contribution >= 4 is 17.9 Å². The molecule has 6 heteroatoms. The highest BCUT2D eigenvalue weighted by Gasteiger charge is 2.19. The standard InChI is InChI=1S/C60H110O6/c1-4-7-10-13-16-19-21-23-25-27-29-30-32-33-35-37-39-41-44-47-50-53-59(62)65-56-57(55-64-58(61)52-49-46-43-18-15-12-9-6-3)66-60(63)54-51-48-45-42-40-38-36-34-31-28-26-24-22-20-17-14-11-8-5-2/h21,23-24,26-27,29,57H,4-20,22,25,28,30-56H2,1-3H3/b23-21-,26-24-,29-27-. The fraction of sp³-hybridized carbons (Fsp3) is 0.850. The second-order valence-corrected chi connectivity index (χ2v) is 19.6. The molecule has 0 spiro atoms. The molecule has 0 N–H and O–H groups in total. The van der Waals surface area contributed by atoms with Crippen LogP contribution in [0.1, 0.15) is 310 Å². The molecule has 0 saturated carbocycles. The first-order valence-electron chi connectivity index (χ1n) is 29.0. The molecular formula is C60H110O6. The summed E-state index contributed by atoms with van der Waals surface area (Å²) in [5.74, 6) is -0.867. The van der Waals surface area contributed by atoms with Crippen molar-refractivity contribution < 1.29 is 28.6 Å². The van der Waals surface area contributed by atoms with Gasteiger partial charge in [-0.25, -0.2) is 0 Å². The lowest BCUT2D eigenvalue weighted by molar-refractivity contribution is -0.167. The molecule has 6 nitrogen and oxygen atoms in total. The van der Waals surface area contributed by atoms with Crippen molar-refractivity contribution in [1.29, 1.82) is 0 Å². The summed E-state index contributed by atoms with van der Waals surface area (Å²) in [5.41, 5.74) is 0. The summed E-state index contributed by atoms with van der Waals surface area (Å²) < 4.78 is 16.8. The second kappa shape index (κ2) is 55.2. The fourth-order valence-corrected chi connectivity index (χ4v) is 8.47. The number of esters is 3. The molecular weight excluding hydrogens is 817 g/mol. The molecule has 0 saturated heterocycles. The van der Waals surface area contributed by atoms with Gasteiger partial charge >= 0.3 is 17.9 Å². The predicted molar refractivity (Wildman–Crippen MR) is 284 cm³/mol. The van der Waals surface area contributed by atoms with E-state index >= 15 is 0 Å². The van der Waals surface area contributed by atoms with Crippen LogP contribution in [0.5, 0.6) is 0 Å². The van der Waals surface area contributed by atoms with Gasteiger partial charge in [0.15, 0.2) is 6.10 Å². The molecule has 0 amide bonds. The van der Waals surface area contributed by atoms with Gasteiger partial charge in [0.2, 0.25) is 0 Å². The van der Waals surface area contributed by atoms with Crippen LogP contribution in [-0.2, 0) is 28.6 Å². The Hall–Kier alpha value is -2.37. The molecule has 0 aromatic heterocycles. The largest absolute Gasteiger partial charge is 0.462 e. The number of allylic oxidation sites excluding steroid dienone is 6. The maximum Gasteiger partial charge on any atom is 0.306 e. The average molecular weight is 928 g/mol. The molecule has 0 aromatic rings. The van der Waals surface area contributed by atoms with Crippen LogP contribution in [-0.4, -0.2) is 37.2 Å². The van der Waals surface area contributed by atoms with Gasteiger partial charge in [0.05, 0.1) is 0 Å². The highest BCUT2D eigenvalue weighted by Crippen LogP contribution is 2.16. The van der Waals surface area contributed by atoms with Crippen molar-refractivity contribution in [3.63, 3.8) is 0 Å². The summed E-state index contributed by atoms with van der Waals surface area (Å²) in [4.78, 5) is 38.0. The summed E-state index contributed by atoms with van der Waals surface area (Å²) in [5, 5.41) is 0. The molecule has 0 aliphatic rings. The van der Waals surface area contributed by atoms with Gasteiger partial charge in [0.1, 0.15) is 13.2 Å². The third-order valence-corrected chi connectivity index (χ3v) is 12.9. The van der Waals surface area contributed by atoms with Crippen molar-refractivity contribution in [3.05, 3.63) is 36.5 Å². The maximum absolute atomic E-state index is 12.8. The zero-order valence-electron chi connectivity index (χ0n) is 44.2. The number of ether oxygens (including phenoxy) is 3. The maximum atomic E-state index is 12.8.